The molecule has 2 N–H and O–H groups in total. The molecule has 1 aromatic heterocycles. The Morgan fingerprint density at radius 1 is 1.61 bits per heavy atom. The quantitative estimate of drug-likeness (QED) is 0.461. The molecule has 1 unspecified atom stereocenters. The molecule has 2 aliphatic rings. The Morgan fingerprint density at radius 3 is 3.00 bits per heavy atom. The third kappa shape index (κ3) is 2.35. The van der Waals surface area contributed by atoms with E-state index in [2.05, 4.69) is 20.8 Å². The van der Waals surface area contributed by atoms with E-state index in [-0.39, 0.29) is 12.2 Å². The lowest BCUT2D eigenvalue weighted by molar-refractivity contribution is -0.192. The number of carboxylic acid groups (broad SMARTS) is 1. The standard InChI is InChI=1S/C11H12N6O5S/c1-22-11(13-7(18)4-16-5-12-14-15-16)9(21)17-6(8(19)20)2-3-23-10(11)17/h2,5,10H,3-4H2,1H3,(H,13,18)(H,19,20)/t10-,11?/m1/s1. The van der Waals surface area contributed by atoms with Crippen LogP contribution in [0.15, 0.2) is 18.1 Å². The van der Waals surface area contributed by atoms with E-state index in [0.717, 1.165) is 4.90 Å². The highest BCUT2D eigenvalue weighted by atomic mass is 32.2. The minimum Gasteiger partial charge on any atom is -0.477 e. The van der Waals surface area contributed by atoms with Crippen LogP contribution in [0.5, 0.6) is 0 Å². The number of methoxy groups -OCH3 is 1. The molecule has 122 valence electrons. The number of carbonyl (C=O) groups is 3. The first-order chi connectivity index (χ1) is 11.0. The van der Waals surface area contributed by atoms with Gasteiger partial charge >= 0.3 is 5.97 Å². The first-order valence-electron chi connectivity index (χ1n) is 6.45. The number of aromatic nitrogens is 4. The molecule has 0 radical (unpaired) electrons. The van der Waals surface area contributed by atoms with Crippen LogP contribution in [0.4, 0.5) is 0 Å². The molecule has 3 rings (SSSR count). The zero-order valence-electron chi connectivity index (χ0n) is 11.9. The average molecular weight is 340 g/mol. The Kier molecular flexibility index (Phi) is 3.77. The fourth-order valence-electron chi connectivity index (χ4n) is 2.44. The highest BCUT2D eigenvalue weighted by Gasteiger charge is 2.65. The molecule has 2 amide bonds. The van der Waals surface area contributed by atoms with E-state index in [9.17, 15) is 14.4 Å². The number of rotatable bonds is 5. The number of aliphatic carboxylic acids is 1. The van der Waals surface area contributed by atoms with Crippen LogP contribution in [-0.2, 0) is 25.7 Å². The summed E-state index contributed by atoms with van der Waals surface area (Å²) in [5.41, 5.74) is -1.70. The molecule has 1 aromatic rings. The molecular weight excluding hydrogens is 328 g/mol. The lowest BCUT2D eigenvalue weighted by Crippen LogP contribution is -2.80. The Morgan fingerprint density at radius 2 is 2.39 bits per heavy atom. The second-order valence-electron chi connectivity index (χ2n) is 4.75. The summed E-state index contributed by atoms with van der Waals surface area (Å²) in [6.07, 6.45) is 2.71. The third-order valence-corrected chi connectivity index (χ3v) is 4.69. The Labute approximate surface area is 133 Å². The molecule has 12 heteroatoms. The molecule has 23 heavy (non-hydrogen) atoms. The van der Waals surface area contributed by atoms with Crippen molar-refractivity contribution >= 4 is 29.5 Å². The zero-order valence-corrected chi connectivity index (χ0v) is 12.7. The van der Waals surface area contributed by atoms with Crippen LogP contribution in [0.1, 0.15) is 0 Å². The summed E-state index contributed by atoms with van der Waals surface area (Å²) in [5, 5.41) is 21.4. The van der Waals surface area contributed by atoms with Crippen molar-refractivity contribution in [2.75, 3.05) is 12.9 Å². The topological polar surface area (TPSA) is 140 Å². The van der Waals surface area contributed by atoms with Crippen molar-refractivity contribution in [1.29, 1.82) is 0 Å². The van der Waals surface area contributed by atoms with Crippen molar-refractivity contribution in [3.8, 4) is 0 Å². The fraction of sp³-hybridized carbons (Fsp3) is 0.455. The maximum absolute atomic E-state index is 12.4. The largest absolute Gasteiger partial charge is 0.477 e. The van der Waals surface area contributed by atoms with Crippen molar-refractivity contribution in [2.45, 2.75) is 17.6 Å². The van der Waals surface area contributed by atoms with E-state index < -0.39 is 28.9 Å². The van der Waals surface area contributed by atoms with Gasteiger partial charge in [0.2, 0.25) is 5.91 Å². The van der Waals surface area contributed by atoms with Gasteiger partial charge in [-0.05, 0) is 16.5 Å². The molecule has 2 aliphatic heterocycles. The number of amides is 2. The van der Waals surface area contributed by atoms with E-state index in [1.807, 2.05) is 0 Å². The van der Waals surface area contributed by atoms with Crippen LogP contribution in [0, 0.1) is 0 Å². The Bertz CT molecular complexity index is 691. The van der Waals surface area contributed by atoms with Gasteiger partial charge in [-0.15, -0.1) is 16.9 Å². The highest BCUT2D eigenvalue weighted by molar-refractivity contribution is 8.00. The number of β-lactam (4-membered cyclic amide) rings is 1. The maximum atomic E-state index is 12.4. The molecule has 2 atom stereocenters. The molecule has 0 aliphatic carbocycles. The van der Waals surface area contributed by atoms with Crippen molar-refractivity contribution in [2.24, 2.45) is 0 Å². The maximum Gasteiger partial charge on any atom is 0.352 e. The minimum absolute atomic E-state index is 0.110. The lowest BCUT2D eigenvalue weighted by Gasteiger charge is -2.55. The molecule has 1 fully saturated rings. The van der Waals surface area contributed by atoms with Gasteiger partial charge in [0.1, 0.15) is 23.9 Å². The first kappa shape index (κ1) is 15.4. The molecular formula is C11H12N6O5S. The molecule has 11 nitrogen and oxygen atoms in total. The predicted molar refractivity (Wildman–Crippen MR) is 74.5 cm³/mol. The number of tetrazole rings is 1. The van der Waals surface area contributed by atoms with Crippen molar-refractivity contribution in [3.63, 3.8) is 0 Å². The molecule has 0 bridgehead atoms. The Balaban J connectivity index is 1.77. The van der Waals surface area contributed by atoms with E-state index in [0.29, 0.717) is 5.75 Å². The number of ether oxygens (including phenoxy) is 1. The molecule has 0 spiro atoms. The smallest absolute Gasteiger partial charge is 0.352 e. The van der Waals surface area contributed by atoms with Gasteiger partial charge < -0.3 is 15.2 Å². The summed E-state index contributed by atoms with van der Waals surface area (Å²) in [7, 11) is 1.28. The number of thioether (sulfide) groups is 1. The average Bonchev–Trinajstić information content (AvgIpc) is 3.04. The number of fused-ring (bicyclic) bond motifs is 1. The monoisotopic (exact) mass is 340 g/mol. The summed E-state index contributed by atoms with van der Waals surface area (Å²) in [6.45, 7) is -0.190. The summed E-state index contributed by atoms with van der Waals surface area (Å²) >= 11 is 1.30. The highest BCUT2D eigenvalue weighted by Crippen LogP contribution is 2.44. The molecule has 0 aromatic carbocycles. The second-order valence-corrected chi connectivity index (χ2v) is 5.86. The summed E-state index contributed by atoms with van der Waals surface area (Å²) in [6, 6.07) is 0. The molecule has 0 saturated carbocycles. The van der Waals surface area contributed by atoms with Crippen molar-refractivity contribution in [3.05, 3.63) is 18.1 Å². The van der Waals surface area contributed by atoms with Gasteiger partial charge in [-0.3, -0.25) is 14.5 Å². The number of hydrogen-bond acceptors (Lipinski definition) is 8. The fourth-order valence-corrected chi connectivity index (χ4v) is 3.73. The SMILES string of the molecule is COC1(NC(=O)Cn2cnnn2)C(=O)N2C(C(=O)O)=CCS[C@@H]21. The zero-order chi connectivity index (χ0) is 16.6. The van der Waals surface area contributed by atoms with Gasteiger partial charge in [-0.25, -0.2) is 9.48 Å². The van der Waals surface area contributed by atoms with Crippen LogP contribution >= 0.6 is 11.8 Å². The molecule has 3 heterocycles. The lowest BCUT2D eigenvalue weighted by atomic mass is 9.99. The van der Waals surface area contributed by atoms with Crippen LogP contribution < -0.4 is 5.32 Å². The van der Waals surface area contributed by atoms with Crippen LogP contribution in [0.2, 0.25) is 0 Å². The van der Waals surface area contributed by atoms with Crippen LogP contribution in [-0.4, -0.2) is 72.0 Å². The van der Waals surface area contributed by atoms with Gasteiger partial charge in [-0.2, -0.15) is 0 Å². The summed E-state index contributed by atoms with van der Waals surface area (Å²) in [5.74, 6) is -1.96. The molecule has 1 saturated heterocycles. The third-order valence-electron chi connectivity index (χ3n) is 3.47. The first-order valence-corrected chi connectivity index (χ1v) is 7.50. The van der Waals surface area contributed by atoms with Crippen molar-refractivity contribution in [1.82, 2.24) is 30.4 Å². The number of carbonyl (C=O) groups excluding carboxylic acids is 2. The van der Waals surface area contributed by atoms with E-state index in [1.165, 1.54) is 36.0 Å². The van der Waals surface area contributed by atoms with E-state index in [1.54, 1.807) is 0 Å². The van der Waals surface area contributed by atoms with Crippen molar-refractivity contribution < 1.29 is 24.2 Å². The van der Waals surface area contributed by atoms with Gasteiger partial charge in [0.25, 0.3) is 11.6 Å². The summed E-state index contributed by atoms with van der Waals surface area (Å²) in [4.78, 5) is 36.8. The van der Waals surface area contributed by atoms with Gasteiger partial charge in [-0.1, -0.05) is 0 Å². The van der Waals surface area contributed by atoms with Gasteiger partial charge in [0.05, 0.1) is 0 Å². The van der Waals surface area contributed by atoms with Crippen LogP contribution in [0.3, 0.4) is 0 Å². The minimum atomic E-state index is -1.59. The normalized spacial score (nSPS) is 26.1. The number of hydrogen-bond donors (Lipinski definition) is 2. The second kappa shape index (κ2) is 5.62. The predicted octanol–water partition coefficient (Wildman–Crippen LogP) is -1.98. The Hall–Kier alpha value is -2.47. The van der Waals surface area contributed by atoms with Gasteiger partial charge in [0, 0.05) is 12.9 Å². The number of carboxylic acids is 1. The van der Waals surface area contributed by atoms with Crippen LogP contribution in [0.25, 0.3) is 0 Å². The van der Waals surface area contributed by atoms with E-state index >= 15 is 0 Å². The van der Waals surface area contributed by atoms with Gasteiger partial charge in [0.15, 0.2) is 0 Å². The number of nitrogens with zero attached hydrogens (tertiary/aromatic N) is 5. The number of nitrogens with one attached hydrogen (secondary N) is 1. The van der Waals surface area contributed by atoms with E-state index in [4.69, 9.17) is 9.84 Å². The summed E-state index contributed by atoms with van der Waals surface area (Å²) < 4.78 is 6.44.